The second-order valence-electron chi connectivity index (χ2n) is 7.86. The number of alkyl carbamates (subject to hydrolysis) is 1. The van der Waals surface area contributed by atoms with E-state index in [4.69, 9.17) is 15.2 Å². The first-order valence-electron chi connectivity index (χ1n) is 9.73. The monoisotopic (exact) mass is 412 g/mol. The van der Waals surface area contributed by atoms with Gasteiger partial charge in [0.25, 0.3) is 0 Å². The minimum atomic E-state index is -0.989. The molecule has 0 saturated heterocycles. The Morgan fingerprint density at radius 3 is 2.20 bits per heavy atom. The predicted molar refractivity (Wildman–Crippen MR) is 113 cm³/mol. The fourth-order valence-electron chi connectivity index (χ4n) is 2.63. The maximum Gasteiger partial charge on any atom is 0.408 e. The zero-order valence-electron chi connectivity index (χ0n) is 17.5. The molecule has 0 aliphatic carbocycles. The van der Waals surface area contributed by atoms with Crippen LogP contribution in [0.25, 0.3) is 0 Å². The molecule has 0 saturated carbocycles. The number of primary amides is 1. The molecule has 2 aromatic rings. The number of carbonyl (C=O) groups is 3. The lowest BCUT2D eigenvalue weighted by Crippen LogP contribution is -2.46. The molecule has 0 spiro atoms. The summed E-state index contributed by atoms with van der Waals surface area (Å²) in [6.07, 6.45) is -0.619. The van der Waals surface area contributed by atoms with Crippen molar-refractivity contribution in [1.82, 2.24) is 5.32 Å². The van der Waals surface area contributed by atoms with E-state index in [9.17, 15) is 14.4 Å². The van der Waals surface area contributed by atoms with Crippen molar-refractivity contribution in [3.63, 3.8) is 0 Å². The highest BCUT2D eigenvalue weighted by Gasteiger charge is 2.23. The molecule has 3 N–H and O–H groups in total. The average Bonchev–Trinajstić information content (AvgIpc) is 2.69. The zero-order valence-corrected chi connectivity index (χ0v) is 17.5. The summed E-state index contributed by atoms with van der Waals surface area (Å²) in [6, 6.07) is 15.6. The molecule has 160 valence electrons. The van der Waals surface area contributed by atoms with Gasteiger partial charge in [0.2, 0.25) is 5.91 Å². The average molecular weight is 412 g/mol. The van der Waals surface area contributed by atoms with Crippen LogP contribution in [0.3, 0.4) is 0 Å². The molecule has 2 rings (SSSR count). The van der Waals surface area contributed by atoms with Gasteiger partial charge in [0.05, 0.1) is 0 Å². The minimum absolute atomic E-state index is 0.0492. The minimum Gasteiger partial charge on any atom is -0.489 e. The van der Waals surface area contributed by atoms with E-state index in [1.54, 1.807) is 45.0 Å². The Morgan fingerprint density at radius 2 is 1.63 bits per heavy atom. The van der Waals surface area contributed by atoms with Crippen molar-refractivity contribution in [1.29, 1.82) is 0 Å². The number of ether oxygens (including phenoxy) is 2. The Bertz CT molecular complexity index is 857. The first-order chi connectivity index (χ1) is 14.1. The van der Waals surface area contributed by atoms with E-state index in [-0.39, 0.29) is 18.6 Å². The third-order valence-electron chi connectivity index (χ3n) is 4.12. The van der Waals surface area contributed by atoms with Crippen LogP contribution in [0.1, 0.15) is 49.5 Å². The van der Waals surface area contributed by atoms with Crippen LogP contribution in [-0.4, -0.2) is 29.4 Å². The van der Waals surface area contributed by atoms with Crippen LogP contribution in [0.5, 0.6) is 5.75 Å². The smallest absolute Gasteiger partial charge is 0.408 e. The lowest BCUT2D eigenvalue weighted by Gasteiger charge is -2.22. The molecule has 1 atom stereocenters. The van der Waals surface area contributed by atoms with Crippen LogP contribution in [0.4, 0.5) is 4.79 Å². The van der Waals surface area contributed by atoms with Gasteiger partial charge in [-0.3, -0.25) is 9.59 Å². The summed E-state index contributed by atoms with van der Waals surface area (Å²) in [7, 11) is 0. The van der Waals surface area contributed by atoms with Gasteiger partial charge in [-0.05, 0) is 57.0 Å². The van der Waals surface area contributed by atoms with Gasteiger partial charge in [-0.25, -0.2) is 4.79 Å². The lowest BCUT2D eigenvalue weighted by atomic mass is 10.0. The van der Waals surface area contributed by atoms with Crippen molar-refractivity contribution in [2.75, 3.05) is 0 Å². The predicted octanol–water partition coefficient (Wildman–Crippen LogP) is 3.61. The van der Waals surface area contributed by atoms with Crippen molar-refractivity contribution < 1.29 is 23.9 Å². The Kier molecular flexibility index (Phi) is 7.98. The highest BCUT2D eigenvalue weighted by molar-refractivity contribution is 5.96. The fourth-order valence-corrected chi connectivity index (χ4v) is 2.63. The van der Waals surface area contributed by atoms with Crippen molar-refractivity contribution in [2.24, 2.45) is 5.73 Å². The zero-order chi connectivity index (χ0) is 22.1. The maximum absolute atomic E-state index is 12.4. The van der Waals surface area contributed by atoms with Gasteiger partial charge < -0.3 is 20.5 Å². The van der Waals surface area contributed by atoms with Crippen molar-refractivity contribution in [2.45, 2.75) is 51.9 Å². The first kappa shape index (κ1) is 22.9. The van der Waals surface area contributed by atoms with Crippen molar-refractivity contribution >= 4 is 17.8 Å². The number of ketones is 1. The van der Waals surface area contributed by atoms with Crippen LogP contribution in [-0.2, 0) is 16.1 Å². The number of nitrogens with two attached hydrogens (primary N) is 1. The molecule has 0 aromatic heterocycles. The number of Topliss-reactive ketones (excluding diaryl/α,β-unsaturated/α-hetero) is 1. The van der Waals surface area contributed by atoms with Gasteiger partial charge in [-0.1, -0.05) is 30.3 Å². The third kappa shape index (κ3) is 7.95. The molecule has 1 unspecified atom stereocenters. The van der Waals surface area contributed by atoms with E-state index in [1.165, 1.54) is 0 Å². The molecule has 0 bridgehead atoms. The van der Waals surface area contributed by atoms with E-state index < -0.39 is 23.6 Å². The summed E-state index contributed by atoms with van der Waals surface area (Å²) >= 11 is 0. The summed E-state index contributed by atoms with van der Waals surface area (Å²) in [5.74, 6) is -0.239. The Labute approximate surface area is 176 Å². The Hall–Kier alpha value is -3.35. The van der Waals surface area contributed by atoms with E-state index in [2.05, 4.69) is 5.32 Å². The van der Waals surface area contributed by atoms with Gasteiger partial charge in [0.15, 0.2) is 5.78 Å². The number of hydrogen-bond acceptors (Lipinski definition) is 5. The molecule has 0 heterocycles. The molecule has 2 amide bonds. The van der Waals surface area contributed by atoms with Crippen LogP contribution in [0.15, 0.2) is 54.6 Å². The highest BCUT2D eigenvalue weighted by Crippen LogP contribution is 2.16. The summed E-state index contributed by atoms with van der Waals surface area (Å²) in [4.78, 5) is 35.9. The quantitative estimate of drug-likeness (QED) is 0.612. The van der Waals surface area contributed by atoms with E-state index in [0.29, 0.717) is 17.9 Å². The molecule has 0 fully saturated rings. The SMILES string of the molecule is CC(C)(C)OC(=O)NC(CCC(=O)c1ccc(OCc2ccccc2)cc1)C(N)=O. The van der Waals surface area contributed by atoms with Crippen molar-refractivity contribution in [3.05, 3.63) is 65.7 Å². The van der Waals surface area contributed by atoms with Crippen LogP contribution in [0.2, 0.25) is 0 Å². The molecular weight excluding hydrogens is 384 g/mol. The first-order valence-corrected chi connectivity index (χ1v) is 9.73. The standard InChI is InChI=1S/C23H28N2O5/c1-23(2,3)30-22(28)25-19(21(24)27)13-14-20(26)17-9-11-18(12-10-17)29-15-16-7-5-4-6-8-16/h4-12,19H,13-15H2,1-3H3,(H2,24,27)(H,25,28). The second-order valence-corrected chi connectivity index (χ2v) is 7.86. The van der Waals surface area contributed by atoms with E-state index in [0.717, 1.165) is 5.56 Å². The van der Waals surface area contributed by atoms with Gasteiger partial charge >= 0.3 is 6.09 Å². The van der Waals surface area contributed by atoms with Crippen molar-refractivity contribution in [3.8, 4) is 5.75 Å². The van der Waals surface area contributed by atoms with Gasteiger partial charge in [-0.2, -0.15) is 0 Å². The lowest BCUT2D eigenvalue weighted by molar-refractivity contribution is -0.120. The number of amides is 2. The molecule has 0 aliphatic heterocycles. The van der Waals surface area contributed by atoms with Gasteiger partial charge in [0, 0.05) is 12.0 Å². The Morgan fingerprint density at radius 1 is 1.00 bits per heavy atom. The summed E-state index contributed by atoms with van der Waals surface area (Å²) < 4.78 is 10.8. The van der Waals surface area contributed by atoms with E-state index >= 15 is 0 Å². The third-order valence-corrected chi connectivity index (χ3v) is 4.12. The van der Waals surface area contributed by atoms with Gasteiger partial charge in [-0.15, -0.1) is 0 Å². The molecular formula is C23H28N2O5. The van der Waals surface area contributed by atoms with Crippen LogP contribution in [0, 0.1) is 0 Å². The number of rotatable bonds is 9. The largest absolute Gasteiger partial charge is 0.489 e. The summed E-state index contributed by atoms with van der Waals surface area (Å²) in [6.45, 7) is 5.57. The molecule has 2 aromatic carbocycles. The highest BCUT2D eigenvalue weighted by atomic mass is 16.6. The molecule has 30 heavy (non-hydrogen) atoms. The summed E-state index contributed by atoms with van der Waals surface area (Å²) in [5, 5.41) is 2.41. The van der Waals surface area contributed by atoms with Crippen LogP contribution >= 0.6 is 0 Å². The maximum atomic E-state index is 12.4. The fraction of sp³-hybridized carbons (Fsp3) is 0.348. The normalized spacial score (nSPS) is 12.0. The molecule has 7 heteroatoms. The second kappa shape index (κ2) is 10.4. The molecule has 0 radical (unpaired) electrons. The number of benzene rings is 2. The summed E-state index contributed by atoms with van der Waals surface area (Å²) in [5.41, 5.74) is 6.17. The van der Waals surface area contributed by atoms with Crippen LogP contribution < -0.4 is 15.8 Å². The van der Waals surface area contributed by atoms with E-state index in [1.807, 2.05) is 30.3 Å². The topological polar surface area (TPSA) is 108 Å². The number of carbonyl (C=O) groups excluding carboxylic acids is 3. The Balaban J connectivity index is 1.86. The number of nitrogens with one attached hydrogen (secondary N) is 1. The molecule has 0 aliphatic rings. The molecule has 7 nitrogen and oxygen atoms in total. The number of hydrogen-bond donors (Lipinski definition) is 2. The van der Waals surface area contributed by atoms with Gasteiger partial charge in [0.1, 0.15) is 24.0 Å².